The summed E-state index contributed by atoms with van der Waals surface area (Å²) in [6.45, 7) is 0.204. The van der Waals surface area contributed by atoms with Crippen LogP contribution in [0, 0.1) is 17.0 Å². The van der Waals surface area contributed by atoms with Crippen molar-refractivity contribution < 1.29 is 18.7 Å². The zero-order valence-corrected chi connectivity index (χ0v) is 12.5. The van der Waals surface area contributed by atoms with Gasteiger partial charge in [-0.2, -0.15) is 0 Å². The summed E-state index contributed by atoms with van der Waals surface area (Å²) in [4.78, 5) is 11.9. The topological polar surface area (TPSA) is 49.3 Å². The van der Waals surface area contributed by atoms with Crippen molar-refractivity contribution in [1.29, 1.82) is 0 Å². The summed E-state index contributed by atoms with van der Waals surface area (Å²) in [6.07, 6.45) is 3.62. The Kier molecular flexibility index (Phi) is 4.75. The van der Waals surface area contributed by atoms with Gasteiger partial charge >= 0.3 is 0 Å². The maximum absolute atomic E-state index is 13.7. The lowest BCUT2D eigenvalue weighted by molar-refractivity contribution is 0.0873. The van der Waals surface area contributed by atoms with Crippen LogP contribution in [-0.4, -0.2) is 24.2 Å². The molecular weight excluding hydrogens is 332 g/mol. The van der Waals surface area contributed by atoms with E-state index in [0.717, 1.165) is 37.8 Å². The summed E-state index contributed by atoms with van der Waals surface area (Å²) in [6, 6.07) is 2.10. The molecule has 0 aromatic heterocycles. The molecule has 1 aliphatic rings. The van der Waals surface area contributed by atoms with Crippen molar-refractivity contribution in [3.8, 4) is 0 Å². The van der Waals surface area contributed by atoms with Crippen LogP contribution in [0.1, 0.15) is 36.0 Å². The van der Waals surface area contributed by atoms with Crippen LogP contribution < -0.4 is 5.32 Å². The van der Waals surface area contributed by atoms with Gasteiger partial charge in [0.1, 0.15) is 17.2 Å². The van der Waals surface area contributed by atoms with Crippen molar-refractivity contribution in [2.24, 2.45) is 5.41 Å². The maximum atomic E-state index is 13.7. The molecular formula is C14H16BrF2NO2. The molecule has 0 spiro atoms. The van der Waals surface area contributed by atoms with Gasteiger partial charge in [0, 0.05) is 16.4 Å². The third-order valence-corrected chi connectivity index (χ3v) is 4.32. The molecule has 1 saturated carbocycles. The number of carbonyl (C=O) groups excluding carboxylic acids is 1. The van der Waals surface area contributed by atoms with Gasteiger partial charge in [0.25, 0.3) is 5.91 Å². The molecule has 0 aliphatic heterocycles. The SMILES string of the molecule is O=C(NCC1(CO)CCCC1)c1c(F)cc(Br)cc1F. The number of benzene rings is 1. The van der Waals surface area contributed by atoms with Crippen LogP contribution in [0.5, 0.6) is 0 Å². The minimum absolute atomic E-state index is 0.0292. The third kappa shape index (κ3) is 3.17. The molecule has 1 aromatic rings. The Balaban J connectivity index is 2.09. The third-order valence-electron chi connectivity index (χ3n) is 3.86. The monoisotopic (exact) mass is 347 g/mol. The first-order valence-electron chi connectivity index (χ1n) is 6.51. The highest BCUT2D eigenvalue weighted by atomic mass is 79.9. The van der Waals surface area contributed by atoms with Crippen molar-refractivity contribution in [3.05, 3.63) is 33.8 Å². The molecule has 0 unspecified atom stereocenters. The summed E-state index contributed by atoms with van der Waals surface area (Å²) in [5.41, 5.74) is -0.933. The fourth-order valence-corrected chi connectivity index (χ4v) is 3.03. The average molecular weight is 348 g/mol. The number of carbonyl (C=O) groups is 1. The predicted octanol–water partition coefficient (Wildman–Crippen LogP) is 3.01. The van der Waals surface area contributed by atoms with E-state index in [0.29, 0.717) is 0 Å². The smallest absolute Gasteiger partial charge is 0.257 e. The Morgan fingerprint density at radius 1 is 1.30 bits per heavy atom. The van der Waals surface area contributed by atoms with Crippen LogP contribution >= 0.6 is 15.9 Å². The van der Waals surface area contributed by atoms with E-state index < -0.39 is 23.1 Å². The molecule has 1 aliphatic carbocycles. The summed E-state index contributed by atoms with van der Waals surface area (Å²) in [5, 5.41) is 12.0. The van der Waals surface area contributed by atoms with Gasteiger partial charge in [-0.05, 0) is 25.0 Å². The second-order valence-electron chi connectivity index (χ2n) is 5.29. The first-order chi connectivity index (χ1) is 9.47. The van der Waals surface area contributed by atoms with Crippen molar-refractivity contribution in [3.63, 3.8) is 0 Å². The summed E-state index contributed by atoms with van der Waals surface area (Å²) >= 11 is 2.96. The molecule has 0 saturated heterocycles. The molecule has 0 atom stereocenters. The molecule has 6 heteroatoms. The molecule has 1 fully saturated rings. The maximum Gasteiger partial charge on any atom is 0.257 e. The van der Waals surface area contributed by atoms with Crippen LogP contribution in [0.4, 0.5) is 8.78 Å². The lowest BCUT2D eigenvalue weighted by atomic mass is 9.87. The van der Waals surface area contributed by atoms with E-state index in [1.165, 1.54) is 0 Å². The first-order valence-corrected chi connectivity index (χ1v) is 7.30. The van der Waals surface area contributed by atoms with Crippen molar-refractivity contribution in [2.75, 3.05) is 13.2 Å². The van der Waals surface area contributed by atoms with Gasteiger partial charge < -0.3 is 10.4 Å². The van der Waals surface area contributed by atoms with E-state index in [1.807, 2.05) is 0 Å². The first kappa shape index (κ1) is 15.4. The Morgan fingerprint density at radius 3 is 2.35 bits per heavy atom. The fourth-order valence-electron chi connectivity index (χ4n) is 2.63. The number of hydrogen-bond acceptors (Lipinski definition) is 2. The van der Waals surface area contributed by atoms with E-state index in [1.54, 1.807) is 0 Å². The Morgan fingerprint density at radius 2 is 1.85 bits per heavy atom. The zero-order chi connectivity index (χ0) is 14.8. The molecule has 110 valence electrons. The number of hydrogen-bond donors (Lipinski definition) is 2. The van der Waals surface area contributed by atoms with Gasteiger partial charge in [-0.25, -0.2) is 8.78 Å². The van der Waals surface area contributed by atoms with Crippen molar-refractivity contribution >= 4 is 21.8 Å². The summed E-state index contributed by atoms with van der Waals surface area (Å²) in [5.74, 6) is -2.59. The van der Waals surface area contributed by atoms with Crippen LogP contribution in [0.2, 0.25) is 0 Å². The number of aliphatic hydroxyl groups is 1. The molecule has 0 radical (unpaired) electrons. The predicted molar refractivity (Wildman–Crippen MR) is 74.4 cm³/mol. The second kappa shape index (κ2) is 6.18. The number of halogens is 3. The Bertz CT molecular complexity index is 493. The number of nitrogens with one attached hydrogen (secondary N) is 1. The van der Waals surface area contributed by atoms with Gasteiger partial charge in [-0.3, -0.25) is 4.79 Å². The molecule has 3 nitrogen and oxygen atoms in total. The number of rotatable bonds is 4. The lowest BCUT2D eigenvalue weighted by Crippen LogP contribution is -2.38. The standard InChI is InChI=1S/C14H16BrF2NO2/c15-9-5-10(16)12(11(17)6-9)13(20)18-7-14(8-19)3-1-2-4-14/h5-6,19H,1-4,7-8H2,(H,18,20). The van der Waals surface area contributed by atoms with Crippen molar-refractivity contribution in [1.82, 2.24) is 5.32 Å². The molecule has 20 heavy (non-hydrogen) atoms. The Labute approximate surface area is 124 Å². The summed E-state index contributed by atoms with van der Waals surface area (Å²) in [7, 11) is 0. The van der Waals surface area contributed by atoms with Gasteiger partial charge in [0.15, 0.2) is 0 Å². The molecule has 2 rings (SSSR count). The van der Waals surface area contributed by atoms with Gasteiger partial charge in [0.05, 0.1) is 6.61 Å². The Hall–Kier alpha value is -1.01. The normalized spacial score (nSPS) is 17.2. The molecule has 2 N–H and O–H groups in total. The van der Waals surface area contributed by atoms with Crippen LogP contribution in [-0.2, 0) is 0 Å². The van der Waals surface area contributed by atoms with E-state index in [-0.39, 0.29) is 23.0 Å². The zero-order valence-electron chi connectivity index (χ0n) is 10.9. The minimum Gasteiger partial charge on any atom is -0.396 e. The quantitative estimate of drug-likeness (QED) is 0.879. The molecule has 0 heterocycles. The number of aliphatic hydroxyl groups excluding tert-OH is 1. The molecule has 1 amide bonds. The molecule has 1 aromatic carbocycles. The average Bonchev–Trinajstić information content (AvgIpc) is 2.84. The van der Waals surface area contributed by atoms with Gasteiger partial charge in [-0.1, -0.05) is 28.8 Å². The van der Waals surface area contributed by atoms with Gasteiger partial charge in [-0.15, -0.1) is 0 Å². The van der Waals surface area contributed by atoms with E-state index in [2.05, 4.69) is 21.2 Å². The van der Waals surface area contributed by atoms with Crippen LogP contribution in [0.3, 0.4) is 0 Å². The minimum atomic E-state index is -0.904. The highest BCUT2D eigenvalue weighted by molar-refractivity contribution is 9.10. The van der Waals surface area contributed by atoms with Gasteiger partial charge in [0.2, 0.25) is 0 Å². The largest absolute Gasteiger partial charge is 0.396 e. The highest BCUT2D eigenvalue weighted by Gasteiger charge is 2.34. The number of amides is 1. The van der Waals surface area contributed by atoms with E-state index >= 15 is 0 Å². The molecule has 0 bridgehead atoms. The van der Waals surface area contributed by atoms with Crippen LogP contribution in [0.25, 0.3) is 0 Å². The lowest BCUT2D eigenvalue weighted by Gasteiger charge is -2.26. The van der Waals surface area contributed by atoms with E-state index in [9.17, 15) is 18.7 Å². The van der Waals surface area contributed by atoms with Crippen LogP contribution in [0.15, 0.2) is 16.6 Å². The van der Waals surface area contributed by atoms with E-state index in [4.69, 9.17) is 0 Å². The van der Waals surface area contributed by atoms with Crippen molar-refractivity contribution in [2.45, 2.75) is 25.7 Å². The highest BCUT2D eigenvalue weighted by Crippen LogP contribution is 2.37. The fraction of sp³-hybridized carbons (Fsp3) is 0.500. The second-order valence-corrected chi connectivity index (χ2v) is 6.21. The summed E-state index contributed by atoms with van der Waals surface area (Å²) < 4.78 is 27.6.